The lowest BCUT2D eigenvalue weighted by atomic mass is 10.1. The predicted octanol–water partition coefficient (Wildman–Crippen LogP) is 3.93. The summed E-state index contributed by atoms with van der Waals surface area (Å²) in [5.74, 6) is -1.21. The molecule has 1 rings (SSSR count). The summed E-state index contributed by atoms with van der Waals surface area (Å²) in [4.78, 5) is 24.6. The van der Waals surface area contributed by atoms with Crippen LogP contribution in [0.1, 0.15) is 48.4 Å². The summed E-state index contributed by atoms with van der Waals surface area (Å²) >= 11 is 0. The summed E-state index contributed by atoms with van der Waals surface area (Å²) in [6.07, 6.45) is 3.04. The van der Waals surface area contributed by atoms with Crippen LogP contribution in [-0.4, -0.2) is 23.1 Å². The van der Waals surface area contributed by atoms with Gasteiger partial charge in [0.15, 0.2) is 0 Å². The summed E-state index contributed by atoms with van der Waals surface area (Å²) in [5, 5.41) is 0. The Kier molecular flexibility index (Phi) is 5.31. The average Bonchev–Trinajstić information content (AvgIpc) is 2.46. The number of carbonyl (C=O) groups is 2. The van der Waals surface area contributed by atoms with Gasteiger partial charge in [-0.25, -0.2) is 9.59 Å². The molecule has 4 nitrogen and oxygen atoms in total. The molecule has 0 radical (unpaired) electrons. The van der Waals surface area contributed by atoms with Crippen molar-refractivity contribution < 1.29 is 19.1 Å². The van der Waals surface area contributed by atoms with Gasteiger partial charge >= 0.3 is 11.9 Å². The molecule has 0 heterocycles. The Hall–Kier alpha value is -2.36. The summed E-state index contributed by atoms with van der Waals surface area (Å²) in [5.41, 5.74) is -1.34. The van der Waals surface area contributed by atoms with Crippen LogP contribution in [0.5, 0.6) is 0 Å². The second-order valence-electron chi connectivity index (χ2n) is 5.94. The normalized spacial score (nSPS) is 11.5. The summed E-state index contributed by atoms with van der Waals surface area (Å²) < 4.78 is 10.7. The average molecular weight is 302 g/mol. The van der Waals surface area contributed by atoms with Gasteiger partial charge in [-0.2, -0.15) is 0 Å². The zero-order chi connectivity index (χ0) is 17.0. The highest BCUT2D eigenvalue weighted by molar-refractivity contribution is 6.03. The largest absolute Gasteiger partial charge is 0.452 e. The first-order chi connectivity index (χ1) is 10.1. The third kappa shape index (κ3) is 4.58. The minimum absolute atomic E-state index is 0.155. The lowest BCUT2D eigenvalue weighted by molar-refractivity contribution is 0.0124. The molecule has 118 valence electrons. The minimum Gasteiger partial charge on any atom is -0.452 e. The Balaban J connectivity index is 3.09. The van der Waals surface area contributed by atoms with Gasteiger partial charge in [0.25, 0.3) is 0 Å². The number of hydrogen-bond acceptors (Lipinski definition) is 4. The Morgan fingerprint density at radius 2 is 1.18 bits per heavy atom. The molecule has 0 amide bonds. The van der Waals surface area contributed by atoms with Gasteiger partial charge in [0.05, 0.1) is 11.1 Å². The highest BCUT2D eigenvalue weighted by atomic mass is 16.6. The van der Waals surface area contributed by atoms with Crippen molar-refractivity contribution in [3.63, 3.8) is 0 Å². The monoisotopic (exact) mass is 302 g/mol. The van der Waals surface area contributed by atoms with Gasteiger partial charge in [0, 0.05) is 0 Å². The number of ether oxygens (including phenoxy) is 2. The molecule has 1 aromatic carbocycles. The molecule has 0 atom stereocenters. The van der Waals surface area contributed by atoms with E-state index in [1.165, 1.54) is 24.3 Å². The van der Waals surface area contributed by atoms with E-state index in [0.29, 0.717) is 0 Å². The number of hydrogen-bond donors (Lipinski definition) is 0. The van der Waals surface area contributed by atoms with Crippen molar-refractivity contribution in [3.05, 3.63) is 60.7 Å². The van der Waals surface area contributed by atoms with E-state index in [2.05, 4.69) is 13.2 Å². The Morgan fingerprint density at radius 1 is 0.864 bits per heavy atom. The highest BCUT2D eigenvalue weighted by Crippen LogP contribution is 2.20. The number of esters is 2. The fraction of sp³-hybridized carbons (Fsp3) is 0.333. The van der Waals surface area contributed by atoms with Gasteiger partial charge in [-0.15, -0.1) is 0 Å². The zero-order valence-corrected chi connectivity index (χ0v) is 13.5. The van der Waals surface area contributed by atoms with Crippen LogP contribution in [0.4, 0.5) is 0 Å². The summed E-state index contributed by atoms with van der Waals surface area (Å²) in [7, 11) is 0. The molecule has 0 aliphatic heterocycles. The maximum absolute atomic E-state index is 12.3. The Labute approximate surface area is 131 Å². The second-order valence-corrected chi connectivity index (χ2v) is 5.94. The molecule has 0 aromatic heterocycles. The van der Waals surface area contributed by atoms with E-state index in [1.54, 1.807) is 39.8 Å². The molecular weight excluding hydrogens is 280 g/mol. The van der Waals surface area contributed by atoms with E-state index in [0.717, 1.165) is 0 Å². The van der Waals surface area contributed by atoms with Crippen molar-refractivity contribution >= 4 is 11.9 Å². The van der Waals surface area contributed by atoms with Gasteiger partial charge in [0.1, 0.15) is 11.2 Å². The number of benzene rings is 1. The van der Waals surface area contributed by atoms with Crippen molar-refractivity contribution in [2.75, 3.05) is 0 Å². The first kappa shape index (κ1) is 17.7. The van der Waals surface area contributed by atoms with E-state index in [9.17, 15) is 9.59 Å². The molecule has 0 unspecified atom stereocenters. The van der Waals surface area contributed by atoms with Crippen molar-refractivity contribution in [3.8, 4) is 0 Å². The maximum atomic E-state index is 12.3. The van der Waals surface area contributed by atoms with E-state index < -0.39 is 23.1 Å². The highest BCUT2D eigenvalue weighted by Gasteiger charge is 2.27. The lowest BCUT2D eigenvalue weighted by Crippen LogP contribution is -2.28. The topological polar surface area (TPSA) is 52.6 Å². The predicted molar refractivity (Wildman–Crippen MR) is 85.8 cm³/mol. The lowest BCUT2D eigenvalue weighted by Gasteiger charge is -2.23. The molecular formula is C18H22O4. The molecule has 1 aromatic rings. The molecule has 22 heavy (non-hydrogen) atoms. The van der Waals surface area contributed by atoms with Gasteiger partial charge in [-0.1, -0.05) is 25.3 Å². The van der Waals surface area contributed by atoms with Crippen LogP contribution < -0.4 is 0 Å². The van der Waals surface area contributed by atoms with Crippen LogP contribution in [-0.2, 0) is 9.47 Å². The van der Waals surface area contributed by atoms with E-state index in [4.69, 9.17) is 9.47 Å². The number of rotatable bonds is 6. The molecule has 0 bridgehead atoms. The van der Waals surface area contributed by atoms with Crippen LogP contribution in [0.25, 0.3) is 0 Å². The molecule has 0 saturated carbocycles. The fourth-order valence-electron chi connectivity index (χ4n) is 1.51. The molecule has 0 aliphatic carbocycles. The fourth-order valence-corrected chi connectivity index (χ4v) is 1.51. The second kappa shape index (κ2) is 6.60. The third-order valence-electron chi connectivity index (χ3n) is 3.06. The van der Waals surface area contributed by atoms with Crippen molar-refractivity contribution in [1.82, 2.24) is 0 Å². The van der Waals surface area contributed by atoms with Crippen LogP contribution in [0, 0.1) is 0 Å². The van der Waals surface area contributed by atoms with Crippen LogP contribution >= 0.6 is 0 Å². The maximum Gasteiger partial charge on any atom is 0.339 e. The first-order valence-electron chi connectivity index (χ1n) is 6.95. The third-order valence-corrected chi connectivity index (χ3v) is 3.06. The quantitative estimate of drug-likeness (QED) is 0.590. The van der Waals surface area contributed by atoms with Crippen molar-refractivity contribution in [1.29, 1.82) is 0 Å². The van der Waals surface area contributed by atoms with E-state index >= 15 is 0 Å². The van der Waals surface area contributed by atoms with Crippen LogP contribution in [0.2, 0.25) is 0 Å². The molecule has 0 spiro atoms. The molecule has 0 fully saturated rings. The van der Waals surface area contributed by atoms with Gasteiger partial charge in [-0.3, -0.25) is 0 Å². The van der Waals surface area contributed by atoms with Gasteiger partial charge in [0.2, 0.25) is 0 Å². The zero-order valence-electron chi connectivity index (χ0n) is 13.5. The molecule has 0 aliphatic rings. The van der Waals surface area contributed by atoms with Gasteiger partial charge in [-0.05, 0) is 52.0 Å². The SMILES string of the molecule is C=CC(C)(C)OC(=O)c1ccccc1C(=O)OC(C)(C)C=C. The Bertz CT molecular complexity index is 544. The summed E-state index contributed by atoms with van der Waals surface area (Å²) in [6, 6.07) is 6.37. The van der Waals surface area contributed by atoms with E-state index in [-0.39, 0.29) is 11.1 Å². The molecule has 4 heteroatoms. The summed E-state index contributed by atoms with van der Waals surface area (Å²) in [6.45, 7) is 14.1. The minimum atomic E-state index is -0.825. The van der Waals surface area contributed by atoms with Crippen molar-refractivity contribution in [2.24, 2.45) is 0 Å². The smallest absolute Gasteiger partial charge is 0.339 e. The van der Waals surface area contributed by atoms with Gasteiger partial charge < -0.3 is 9.47 Å². The standard InChI is InChI=1S/C18H22O4/c1-7-17(3,4)21-15(19)13-11-9-10-12-14(13)16(20)22-18(5,6)8-2/h7-12H,1-2H2,3-6H3. The Morgan fingerprint density at radius 3 is 1.45 bits per heavy atom. The van der Waals surface area contributed by atoms with Crippen molar-refractivity contribution in [2.45, 2.75) is 38.9 Å². The first-order valence-corrected chi connectivity index (χ1v) is 6.95. The van der Waals surface area contributed by atoms with Crippen LogP contribution in [0.15, 0.2) is 49.6 Å². The molecule has 0 saturated heterocycles. The molecule has 0 N–H and O–H groups in total. The van der Waals surface area contributed by atoms with E-state index in [1.807, 2.05) is 0 Å². The van der Waals surface area contributed by atoms with Crippen LogP contribution in [0.3, 0.4) is 0 Å². The number of carbonyl (C=O) groups excluding carboxylic acids is 2.